The first-order valence-corrected chi connectivity index (χ1v) is 12.2. The van der Waals surface area contributed by atoms with E-state index in [1.165, 1.54) is 35.4 Å². The molecule has 0 amide bonds. The molecular formula is C24H22BrNO3S. The molecule has 1 aliphatic heterocycles. The summed E-state index contributed by atoms with van der Waals surface area (Å²) >= 11 is 3.57. The van der Waals surface area contributed by atoms with Crippen molar-refractivity contribution in [3.05, 3.63) is 89.0 Å². The highest BCUT2D eigenvalue weighted by atomic mass is 79.9. The molecule has 0 bridgehead atoms. The molecule has 1 atom stereocenters. The summed E-state index contributed by atoms with van der Waals surface area (Å²) in [5, 5.41) is 9.40. The first-order valence-electron chi connectivity index (χ1n) is 9.76. The molecule has 3 aromatic carbocycles. The van der Waals surface area contributed by atoms with E-state index in [0.717, 1.165) is 22.1 Å². The number of nitrogens with zero attached hydrogens (tertiary/aromatic N) is 1. The topological polar surface area (TPSA) is 57.6 Å². The van der Waals surface area contributed by atoms with E-state index >= 15 is 0 Å². The standard InChI is InChI=1S/C24H22BrNO3S/c1-2-23-21-7-4-3-6-20(21)22-16-17(25)8-13-24(22)26(23)14-5-15-30(28,29)19-11-9-18(27)10-12-19/h3-14,16,23,27H,2,15H2,1H3. The molecule has 0 aliphatic carbocycles. The summed E-state index contributed by atoms with van der Waals surface area (Å²) in [5.74, 6) is -0.0666. The van der Waals surface area contributed by atoms with Crippen molar-refractivity contribution in [1.82, 2.24) is 0 Å². The summed E-state index contributed by atoms with van der Waals surface area (Å²) in [4.78, 5) is 2.36. The van der Waals surface area contributed by atoms with Gasteiger partial charge in [0, 0.05) is 21.9 Å². The fraction of sp³-hybridized carbons (Fsp3) is 0.167. The van der Waals surface area contributed by atoms with Crippen LogP contribution in [0.2, 0.25) is 0 Å². The first kappa shape index (κ1) is 20.7. The van der Waals surface area contributed by atoms with E-state index in [1.807, 2.05) is 24.4 Å². The van der Waals surface area contributed by atoms with Crippen LogP contribution in [0, 0.1) is 0 Å². The number of anilines is 1. The fourth-order valence-electron chi connectivity index (χ4n) is 3.93. The minimum Gasteiger partial charge on any atom is -0.508 e. The van der Waals surface area contributed by atoms with E-state index in [2.05, 4.69) is 52.0 Å². The van der Waals surface area contributed by atoms with Gasteiger partial charge in [-0.15, -0.1) is 0 Å². The van der Waals surface area contributed by atoms with Crippen LogP contribution in [0.15, 0.2) is 88.4 Å². The maximum Gasteiger partial charge on any atom is 0.181 e. The van der Waals surface area contributed by atoms with Crippen molar-refractivity contribution in [3.8, 4) is 16.9 Å². The highest BCUT2D eigenvalue weighted by molar-refractivity contribution is 9.10. The number of hydrogen-bond donors (Lipinski definition) is 1. The van der Waals surface area contributed by atoms with Gasteiger partial charge in [-0.25, -0.2) is 8.42 Å². The van der Waals surface area contributed by atoms with Crippen LogP contribution in [-0.2, 0) is 9.84 Å². The molecule has 4 nitrogen and oxygen atoms in total. The van der Waals surface area contributed by atoms with Crippen LogP contribution in [0.3, 0.4) is 0 Å². The van der Waals surface area contributed by atoms with Crippen LogP contribution in [0.1, 0.15) is 24.9 Å². The molecule has 1 heterocycles. The lowest BCUT2D eigenvalue weighted by atomic mass is 9.87. The molecule has 4 rings (SSSR count). The van der Waals surface area contributed by atoms with Gasteiger partial charge in [-0.05, 0) is 60.0 Å². The van der Waals surface area contributed by atoms with E-state index in [9.17, 15) is 13.5 Å². The molecule has 0 fully saturated rings. The molecule has 154 valence electrons. The summed E-state index contributed by atoms with van der Waals surface area (Å²) in [5.41, 5.74) is 4.62. The van der Waals surface area contributed by atoms with Gasteiger partial charge in [-0.3, -0.25) is 0 Å². The molecular weight excluding hydrogens is 462 g/mol. The number of halogens is 1. The summed E-state index contributed by atoms with van der Waals surface area (Å²) in [7, 11) is -3.48. The first-order chi connectivity index (χ1) is 14.4. The van der Waals surface area contributed by atoms with E-state index in [-0.39, 0.29) is 22.4 Å². The van der Waals surface area contributed by atoms with Crippen molar-refractivity contribution in [2.24, 2.45) is 0 Å². The number of aromatic hydroxyl groups is 1. The van der Waals surface area contributed by atoms with Crippen LogP contribution in [0.5, 0.6) is 5.75 Å². The summed E-state index contributed by atoms with van der Waals surface area (Å²) < 4.78 is 26.3. The van der Waals surface area contributed by atoms with Gasteiger partial charge in [0.05, 0.1) is 16.7 Å². The predicted octanol–water partition coefficient (Wildman–Crippen LogP) is 6.08. The second-order valence-corrected chi connectivity index (χ2v) is 10.2. The SMILES string of the molecule is CCC1c2ccccc2-c2cc(Br)ccc2N1C=CCS(=O)(=O)c1ccc(O)cc1. The lowest BCUT2D eigenvalue weighted by Crippen LogP contribution is -2.27. The largest absolute Gasteiger partial charge is 0.508 e. The Hall–Kier alpha value is -2.57. The van der Waals surface area contributed by atoms with Gasteiger partial charge in [-0.1, -0.05) is 53.2 Å². The van der Waals surface area contributed by atoms with Crippen molar-refractivity contribution in [1.29, 1.82) is 0 Å². The highest BCUT2D eigenvalue weighted by Crippen LogP contribution is 2.46. The van der Waals surface area contributed by atoms with Crippen molar-refractivity contribution in [2.75, 3.05) is 10.7 Å². The predicted molar refractivity (Wildman–Crippen MR) is 124 cm³/mol. The van der Waals surface area contributed by atoms with E-state index < -0.39 is 9.84 Å². The Bertz CT molecular complexity index is 1200. The van der Waals surface area contributed by atoms with Gasteiger partial charge in [0.25, 0.3) is 0 Å². The average molecular weight is 484 g/mol. The Morgan fingerprint density at radius 2 is 1.77 bits per heavy atom. The zero-order valence-electron chi connectivity index (χ0n) is 16.5. The molecule has 0 aromatic heterocycles. The van der Waals surface area contributed by atoms with Gasteiger partial charge in [0.1, 0.15) is 5.75 Å². The van der Waals surface area contributed by atoms with Crippen LogP contribution in [0.4, 0.5) is 5.69 Å². The lowest BCUT2D eigenvalue weighted by molar-refractivity contribution is 0.475. The Kier molecular flexibility index (Phi) is 5.71. The molecule has 6 heteroatoms. The van der Waals surface area contributed by atoms with Crippen LogP contribution >= 0.6 is 15.9 Å². The van der Waals surface area contributed by atoms with E-state index in [1.54, 1.807) is 6.08 Å². The van der Waals surface area contributed by atoms with E-state index in [0.29, 0.717) is 0 Å². The minimum absolute atomic E-state index is 0.0463. The normalized spacial score (nSPS) is 15.8. The number of sulfone groups is 1. The molecule has 0 radical (unpaired) electrons. The van der Waals surface area contributed by atoms with Crippen molar-refractivity contribution >= 4 is 31.5 Å². The van der Waals surface area contributed by atoms with Crippen molar-refractivity contribution in [2.45, 2.75) is 24.3 Å². The minimum atomic E-state index is -3.48. The van der Waals surface area contributed by atoms with Gasteiger partial charge < -0.3 is 10.0 Å². The maximum absolute atomic E-state index is 12.7. The van der Waals surface area contributed by atoms with Gasteiger partial charge in [0.15, 0.2) is 9.84 Å². The number of hydrogen-bond acceptors (Lipinski definition) is 4. The third-order valence-electron chi connectivity index (χ3n) is 5.35. The summed E-state index contributed by atoms with van der Waals surface area (Å²) in [6.45, 7) is 2.14. The molecule has 0 saturated carbocycles. The zero-order valence-corrected chi connectivity index (χ0v) is 18.9. The van der Waals surface area contributed by atoms with Crippen LogP contribution in [-0.4, -0.2) is 19.3 Å². The van der Waals surface area contributed by atoms with Crippen LogP contribution in [0.25, 0.3) is 11.1 Å². The molecule has 3 aromatic rings. The highest BCUT2D eigenvalue weighted by Gasteiger charge is 2.28. The van der Waals surface area contributed by atoms with Gasteiger partial charge in [0.2, 0.25) is 0 Å². The smallest absolute Gasteiger partial charge is 0.181 e. The molecule has 0 spiro atoms. The number of rotatable bonds is 5. The van der Waals surface area contributed by atoms with Gasteiger partial charge >= 0.3 is 0 Å². The Morgan fingerprint density at radius 3 is 2.50 bits per heavy atom. The third kappa shape index (κ3) is 3.89. The third-order valence-corrected chi connectivity index (χ3v) is 7.46. The number of phenols is 1. The Labute approximate surface area is 185 Å². The number of benzene rings is 3. The fourth-order valence-corrected chi connectivity index (χ4v) is 5.38. The maximum atomic E-state index is 12.7. The second-order valence-electron chi connectivity index (χ2n) is 7.24. The average Bonchev–Trinajstić information content (AvgIpc) is 2.74. The Morgan fingerprint density at radius 1 is 1.03 bits per heavy atom. The molecule has 30 heavy (non-hydrogen) atoms. The molecule has 1 unspecified atom stereocenters. The quantitative estimate of drug-likeness (QED) is 0.477. The second kappa shape index (κ2) is 8.28. The van der Waals surface area contributed by atoms with E-state index in [4.69, 9.17) is 0 Å². The molecule has 0 saturated heterocycles. The zero-order chi connectivity index (χ0) is 21.3. The Balaban J connectivity index is 1.69. The summed E-state index contributed by atoms with van der Waals surface area (Å²) in [6, 6.07) is 20.3. The monoisotopic (exact) mass is 483 g/mol. The molecule has 1 N–H and O–H groups in total. The van der Waals surface area contributed by atoms with Crippen molar-refractivity contribution in [3.63, 3.8) is 0 Å². The number of phenolic OH excluding ortho intramolecular Hbond substituents is 1. The number of fused-ring (bicyclic) bond motifs is 3. The van der Waals surface area contributed by atoms with Gasteiger partial charge in [-0.2, -0.15) is 0 Å². The van der Waals surface area contributed by atoms with Crippen LogP contribution < -0.4 is 4.90 Å². The van der Waals surface area contributed by atoms with Crippen molar-refractivity contribution < 1.29 is 13.5 Å². The summed E-state index contributed by atoms with van der Waals surface area (Å²) in [6.07, 6.45) is 4.47. The molecule has 1 aliphatic rings. The lowest BCUT2D eigenvalue weighted by Gasteiger charge is -2.38.